The van der Waals surface area contributed by atoms with Gasteiger partial charge in [0.1, 0.15) is 11.4 Å². The monoisotopic (exact) mass is 430 g/mol. The lowest BCUT2D eigenvalue weighted by Gasteiger charge is -2.31. The van der Waals surface area contributed by atoms with Gasteiger partial charge in [-0.25, -0.2) is 4.39 Å². The van der Waals surface area contributed by atoms with E-state index in [2.05, 4.69) is 66.4 Å². The lowest BCUT2D eigenvalue weighted by Crippen LogP contribution is -2.28. The molecule has 32 heavy (non-hydrogen) atoms. The predicted octanol–water partition coefficient (Wildman–Crippen LogP) is 5.46. The Kier molecular flexibility index (Phi) is 5.85. The lowest BCUT2D eigenvalue weighted by molar-refractivity contribution is -0.0140. The smallest absolute Gasteiger partial charge is 0.123 e. The van der Waals surface area contributed by atoms with Crippen LogP contribution in [0.4, 0.5) is 4.39 Å². The summed E-state index contributed by atoms with van der Waals surface area (Å²) in [6.07, 6.45) is 1.89. The van der Waals surface area contributed by atoms with Crippen LogP contribution in [-0.4, -0.2) is 30.4 Å². The summed E-state index contributed by atoms with van der Waals surface area (Å²) in [7, 11) is 4.19. The fraction of sp³-hybridized carbons (Fsp3) is 0.357. The number of fused-ring (bicyclic) bond motifs is 2. The van der Waals surface area contributed by atoms with E-state index in [1.165, 1.54) is 27.8 Å². The quantitative estimate of drug-likeness (QED) is 0.495. The minimum atomic E-state index is -0.499. The molecule has 166 valence electrons. The first-order valence-electron chi connectivity index (χ1n) is 11.5. The van der Waals surface area contributed by atoms with E-state index < -0.39 is 5.60 Å². The number of rotatable bonds is 7. The molecule has 4 heteroatoms. The second-order valence-corrected chi connectivity index (χ2v) is 9.43. The average molecular weight is 431 g/mol. The summed E-state index contributed by atoms with van der Waals surface area (Å²) in [5.74, 6) is -0.211. The molecule has 1 unspecified atom stereocenters. The Bertz CT molecular complexity index is 1070. The van der Waals surface area contributed by atoms with Gasteiger partial charge in [-0.05, 0) is 79.0 Å². The fourth-order valence-electron chi connectivity index (χ4n) is 5.26. The highest BCUT2D eigenvalue weighted by Crippen LogP contribution is 2.45. The number of nitrogens with zero attached hydrogens (tertiary/aromatic N) is 2. The molecule has 0 saturated carbocycles. The van der Waals surface area contributed by atoms with E-state index in [9.17, 15) is 4.39 Å². The zero-order valence-electron chi connectivity index (χ0n) is 19.0. The van der Waals surface area contributed by atoms with Crippen LogP contribution in [0.3, 0.4) is 0 Å². The molecule has 3 nitrogen and oxygen atoms in total. The molecule has 0 fully saturated rings. The number of ether oxygens (including phenoxy) is 1. The molecule has 0 bridgehead atoms. The van der Waals surface area contributed by atoms with Gasteiger partial charge in [0, 0.05) is 19.6 Å². The highest BCUT2D eigenvalue weighted by molar-refractivity contribution is 5.46. The first kappa shape index (κ1) is 21.3. The van der Waals surface area contributed by atoms with Gasteiger partial charge in [-0.2, -0.15) is 0 Å². The van der Waals surface area contributed by atoms with E-state index in [4.69, 9.17) is 4.74 Å². The Hall–Kier alpha value is -2.53. The van der Waals surface area contributed by atoms with Crippen LogP contribution in [0.5, 0.6) is 0 Å². The highest BCUT2D eigenvalue weighted by Gasteiger charge is 2.41. The largest absolute Gasteiger partial charge is 0.361 e. The maximum absolute atomic E-state index is 13.6. The Labute approximate surface area is 190 Å². The minimum absolute atomic E-state index is 0.211. The van der Waals surface area contributed by atoms with Gasteiger partial charge in [0.25, 0.3) is 0 Å². The number of halogens is 1. The molecule has 3 aromatic carbocycles. The van der Waals surface area contributed by atoms with Crippen molar-refractivity contribution in [3.8, 4) is 0 Å². The van der Waals surface area contributed by atoms with Crippen LogP contribution in [-0.2, 0) is 36.6 Å². The van der Waals surface area contributed by atoms with Crippen molar-refractivity contribution in [1.82, 2.24) is 9.80 Å². The van der Waals surface area contributed by atoms with Gasteiger partial charge in [0.05, 0.1) is 6.61 Å². The Morgan fingerprint density at radius 2 is 1.66 bits per heavy atom. The van der Waals surface area contributed by atoms with E-state index in [1.54, 1.807) is 12.1 Å². The summed E-state index contributed by atoms with van der Waals surface area (Å²) >= 11 is 0. The van der Waals surface area contributed by atoms with Crippen LogP contribution in [0.1, 0.15) is 46.2 Å². The van der Waals surface area contributed by atoms with Gasteiger partial charge >= 0.3 is 0 Å². The second-order valence-electron chi connectivity index (χ2n) is 9.43. The Morgan fingerprint density at radius 3 is 2.34 bits per heavy atom. The summed E-state index contributed by atoms with van der Waals surface area (Å²) in [5, 5.41) is 0. The van der Waals surface area contributed by atoms with Crippen molar-refractivity contribution >= 4 is 0 Å². The SMILES string of the molecule is CN(C)CCCC1(c2ccc(F)cc2)OCc2cc(CN3Cc4ccccc4C3)ccc21. The molecule has 0 aromatic heterocycles. The molecule has 0 saturated heterocycles. The van der Waals surface area contributed by atoms with E-state index >= 15 is 0 Å². The normalized spacial score (nSPS) is 20.0. The van der Waals surface area contributed by atoms with Crippen molar-refractivity contribution in [1.29, 1.82) is 0 Å². The summed E-state index contributed by atoms with van der Waals surface area (Å²) in [4.78, 5) is 4.69. The molecule has 0 amide bonds. The van der Waals surface area contributed by atoms with Crippen LogP contribution in [0, 0.1) is 5.82 Å². The van der Waals surface area contributed by atoms with Crippen LogP contribution in [0.2, 0.25) is 0 Å². The van der Waals surface area contributed by atoms with Crippen molar-refractivity contribution in [3.05, 3.63) is 106 Å². The van der Waals surface area contributed by atoms with E-state index in [0.717, 1.165) is 44.6 Å². The minimum Gasteiger partial charge on any atom is -0.361 e. The molecule has 0 N–H and O–H groups in total. The fourth-order valence-corrected chi connectivity index (χ4v) is 5.26. The van der Waals surface area contributed by atoms with Crippen molar-refractivity contribution in [3.63, 3.8) is 0 Å². The summed E-state index contributed by atoms with van der Waals surface area (Å²) in [6, 6.07) is 22.4. The second kappa shape index (κ2) is 8.78. The third kappa shape index (κ3) is 4.11. The highest BCUT2D eigenvalue weighted by atomic mass is 19.1. The van der Waals surface area contributed by atoms with E-state index in [0.29, 0.717) is 6.61 Å². The zero-order valence-corrected chi connectivity index (χ0v) is 19.0. The maximum atomic E-state index is 13.6. The summed E-state index contributed by atoms with van der Waals surface area (Å²) in [6.45, 7) is 4.55. The molecule has 0 aliphatic carbocycles. The molecule has 5 rings (SSSR count). The first-order chi connectivity index (χ1) is 15.5. The standard InChI is InChI=1S/C28H31FN2O/c1-30(2)15-5-14-28(25-9-11-26(29)12-10-25)27-13-8-21(16-24(27)20-32-28)17-31-18-22-6-3-4-7-23(22)19-31/h3-4,6-13,16H,5,14-15,17-20H2,1-2H3. The molecule has 3 aromatic rings. The summed E-state index contributed by atoms with van der Waals surface area (Å²) in [5.41, 5.74) is 7.23. The molecule has 0 radical (unpaired) electrons. The first-order valence-corrected chi connectivity index (χ1v) is 11.5. The van der Waals surface area contributed by atoms with E-state index in [1.807, 2.05) is 12.1 Å². The van der Waals surface area contributed by atoms with E-state index in [-0.39, 0.29) is 5.82 Å². The third-order valence-corrected chi connectivity index (χ3v) is 6.84. The molecule has 2 aliphatic heterocycles. The molecule has 1 atom stereocenters. The molecule has 2 aliphatic rings. The van der Waals surface area contributed by atoms with Crippen molar-refractivity contribution in [2.45, 2.75) is 44.7 Å². The average Bonchev–Trinajstić information content (AvgIpc) is 3.35. The number of benzene rings is 3. The lowest BCUT2D eigenvalue weighted by atomic mass is 9.81. The predicted molar refractivity (Wildman–Crippen MR) is 126 cm³/mol. The molecule has 2 heterocycles. The van der Waals surface area contributed by atoms with Crippen LogP contribution in [0.15, 0.2) is 66.7 Å². The van der Waals surface area contributed by atoms with Gasteiger partial charge in [0.2, 0.25) is 0 Å². The summed E-state index contributed by atoms with van der Waals surface area (Å²) < 4.78 is 20.2. The van der Waals surface area contributed by atoms with Gasteiger partial charge in [-0.15, -0.1) is 0 Å². The van der Waals surface area contributed by atoms with Crippen molar-refractivity contribution in [2.75, 3.05) is 20.6 Å². The van der Waals surface area contributed by atoms with Crippen molar-refractivity contribution < 1.29 is 9.13 Å². The number of hydrogen-bond donors (Lipinski definition) is 0. The maximum Gasteiger partial charge on any atom is 0.123 e. The number of hydrogen-bond acceptors (Lipinski definition) is 3. The van der Waals surface area contributed by atoms with Crippen LogP contribution in [0.25, 0.3) is 0 Å². The molecular weight excluding hydrogens is 399 g/mol. The van der Waals surface area contributed by atoms with Crippen LogP contribution >= 0.6 is 0 Å². The van der Waals surface area contributed by atoms with Gasteiger partial charge in [0.15, 0.2) is 0 Å². The van der Waals surface area contributed by atoms with Gasteiger partial charge < -0.3 is 9.64 Å². The van der Waals surface area contributed by atoms with Crippen molar-refractivity contribution in [2.24, 2.45) is 0 Å². The van der Waals surface area contributed by atoms with Gasteiger partial charge in [-0.3, -0.25) is 4.90 Å². The Morgan fingerprint density at radius 1 is 0.938 bits per heavy atom. The van der Waals surface area contributed by atoms with Crippen LogP contribution < -0.4 is 0 Å². The van der Waals surface area contributed by atoms with Gasteiger partial charge in [-0.1, -0.05) is 54.6 Å². The topological polar surface area (TPSA) is 15.7 Å². The third-order valence-electron chi connectivity index (χ3n) is 6.84. The molecule has 0 spiro atoms. The zero-order chi connectivity index (χ0) is 22.1. The Balaban J connectivity index is 1.40. The molecular formula is C28H31FN2O.